The van der Waals surface area contributed by atoms with Crippen LogP contribution in [0.15, 0.2) is 60.7 Å². The highest BCUT2D eigenvalue weighted by molar-refractivity contribution is 6.31. The van der Waals surface area contributed by atoms with Gasteiger partial charge in [-0.2, -0.15) is 31.6 Å². The van der Waals surface area contributed by atoms with Crippen molar-refractivity contribution < 1.29 is 46.0 Å². The lowest BCUT2D eigenvalue weighted by Gasteiger charge is -2.38. The van der Waals surface area contributed by atoms with Crippen molar-refractivity contribution in [1.29, 1.82) is 5.26 Å². The molecule has 0 bridgehead atoms. The number of aliphatic hydroxyl groups is 2. The van der Waals surface area contributed by atoms with Crippen molar-refractivity contribution in [1.82, 2.24) is 19.9 Å². The van der Waals surface area contributed by atoms with Crippen molar-refractivity contribution in [2.75, 3.05) is 13.2 Å². The highest BCUT2D eigenvalue weighted by atomic mass is 35.5. The number of ether oxygens (including phenoxy) is 2. The average molecular weight is 932 g/mol. The number of hydrogen-bond acceptors (Lipinski definition) is 8. The van der Waals surface area contributed by atoms with Gasteiger partial charge < -0.3 is 35.4 Å². The number of H-pyrrole nitrogens is 2. The van der Waals surface area contributed by atoms with Gasteiger partial charge in [-0.05, 0) is 95.5 Å². The number of fused-ring (bicyclic) bond motifs is 4. The van der Waals surface area contributed by atoms with Gasteiger partial charge in [-0.25, -0.2) is 9.97 Å². The third-order valence-corrected chi connectivity index (χ3v) is 12.3. The summed E-state index contributed by atoms with van der Waals surface area (Å²) in [5.74, 6) is 1.11. The van der Waals surface area contributed by atoms with Gasteiger partial charge in [0.05, 0.1) is 41.0 Å². The molecule has 0 fully saturated rings. The molecule has 0 amide bonds. The number of alkyl halides is 6. The second-order valence-electron chi connectivity index (χ2n) is 17.9. The monoisotopic (exact) mass is 930 g/mol. The van der Waals surface area contributed by atoms with E-state index in [0.717, 1.165) is 11.1 Å². The van der Waals surface area contributed by atoms with E-state index in [-0.39, 0.29) is 23.6 Å². The molecular formula is C46H46Cl2F6N6O4. The van der Waals surface area contributed by atoms with E-state index in [1.54, 1.807) is 70.2 Å². The maximum atomic E-state index is 14.2. The Morgan fingerprint density at radius 2 is 1.12 bits per heavy atom. The van der Waals surface area contributed by atoms with E-state index in [2.05, 4.69) is 19.9 Å². The standard InChI is InChI=1S/C23H25ClF3N3O2.C23H21ClF3N3O2/c2*1-21(2,17-8-14(24)7-13-5-6-32-20(13)17)12-22(31,23(25,26)27)10-16-9-19-18(30-16)4-3-15(11-28)29-19/h3-4,7-9,30-31H,5-6,10-12,28H2,1-2H3;3-4,7-9,30-31H,5-6,10,12H2,1-2H3. The lowest BCUT2D eigenvalue weighted by atomic mass is 9.73. The smallest absolute Gasteiger partial charge is 0.417 e. The lowest BCUT2D eigenvalue weighted by molar-refractivity contribution is -0.266. The zero-order chi connectivity index (χ0) is 46.6. The van der Waals surface area contributed by atoms with E-state index in [1.807, 2.05) is 6.07 Å². The summed E-state index contributed by atoms with van der Waals surface area (Å²) in [6, 6.07) is 18.1. The summed E-state index contributed by atoms with van der Waals surface area (Å²) in [7, 11) is 0. The van der Waals surface area contributed by atoms with Crippen LogP contribution in [0.3, 0.4) is 0 Å². The third kappa shape index (κ3) is 9.51. The minimum Gasteiger partial charge on any atom is -0.493 e. The zero-order valence-electron chi connectivity index (χ0n) is 35.3. The number of halogens is 8. The maximum Gasteiger partial charge on any atom is 0.417 e. The van der Waals surface area contributed by atoms with Crippen LogP contribution >= 0.6 is 23.2 Å². The second-order valence-corrected chi connectivity index (χ2v) is 18.8. The van der Waals surface area contributed by atoms with Gasteiger partial charge in [-0.1, -0.05) is 50.9 Å². The molecule has 8 rings (SSSR count). The molecule has 340 valence electrons. The number of aromatic amines is 2. The van der Waals surface area contributed by atoms with E-state index in [4.69, 9.17) is 43.7 Å². The number of pyridine rings is 2. The number of nitrogens with two attached hydrogens (primary N) is 1. The van der Waals surface area contributed by atoms with Crippen LogP contribution in [0, 0.1) is 11.3 Å². The van der Waals surface area contributed by atoms with Gasteiger partial charge in [-0.3, -0.25) is 0 Å². The summed E-state index contributed by atoms with van der Waals surface area (Å²) in [5, 5.41) is 31.8. The van der Waals surface area contributed by atoms with Crippen molar-refractivity contribution >= 4 is 45.3 Å². The number of aromatic nitrogens is 4. The minimum absolute atomic E-state index is 0.157. The molecule has 6 N–H and O–H groups in total. The molecule has 6 aromatic rings. The Morgan fingerprint density at radius 1 is 0.688 bits per heavy atom. The molecule has 2 aliphatic rings. The summed E-state index contributed by atoms with van der Waals surface area (Å²) in [4.78, 5) is 14.2. The molecular weight excluding hydrogens is 885 g/mol. The fourth-order valence-electron chi connectivity index (χ4n) is 8.89. The number of nitrogens with one attached hydrogen (secondary N) is 2. The minimum atomic E-state index is -4.89. The Bertz CT molecular complexity index is 2760. The second kappa shape index (κ2) is 17.1. The number of hydrogen-bond donors (Lipinski definition) is 5. The van der Waals surface area contributed by atoms with E-state index in [9.17, 15) is 36.6 Å². The first kappa shape index (κ1) is 46.9. The van der Waals surface area contributed by atoms with Crippen LogP contribution in [0.5, 0.6) is 11.5 Å². The van der Waals surface area contributed by atoms with Gasteiger partial charge in [0.25, 0.3) is 0 Å². The van der Waals surface area contributed by atoms with Gasteiger partial charge >= 0.3 is 12.4 Å². The van der Waals surface area contributed by atoms with Gasteiger partial charge in [0.15, 0.2) is 11.2 Å². The van der Waals surface area contributed by atoms with Crippen LogP contribution in [0.1, 0.15) is 85.6 Å². The van der Waals surface area contributed by atoms with Crippen molar-refractivity contribution in [2.45, 2.75) is 107 Å². The number of nitriles is 1. The van der Waals surface area contributed by atoms with Crippen LogP contribution < -0.4 is 15.2 Å². The highest BCUT2D eigenvalue weighted by Gasteiger charge is 2.57. The molecule has 0 saturated heterocycles. The van der Waals surface area contributed by atoms with Crippen LogP contribution in [-0.4, -0.2) is 66.9 Å². The first-order valence-corrected chi connectivity index (χ1v) is 21.2. The largest absolute Gasteiger partial charge is 0.493 e. The summed E-state index contributed by atoms with van der Waals surface area (Å²) >= 11 is 12.5. The summed E-state index contributed by atoms with van der Waals surface area (Å²) in [6.45, 7) is 7.73. The molecule has 2 atom stereocenters. The molecule has 4 aromatic heterocycles. The van der Waals surface area contributed by atoms with Crippen LogP contribution in [0.25, 0.3) is 22.1 Å². The molecule has 0 aliphatic carbocycles. The predicted octanol–water partition coefficient (Wildman–Crippen LogP) is 10.0. The lowest BCUT2D eigenvalue weighted by Crippen LogP contribution is -2.51. The average Bonchev–Trinajstić information content (AvgIpc) is 4.01. The van der Waals surface area contributed by atoms with Crippen LogP contribution in [0.2, 0.25) is 10.0 Å². The summed E-state index contributed by atoms with van der Waals surface area (Å²) in [5.41, 5.74) is 3.40. The Labute approximate surface area is 374 Å². The van der Waals surface area contributed by atoms with Crippen LogP contribution in [0.4, 0.5) is 26.3 Å². The maximum absolute atomic E-state index is 14.2. The van der Waals surface area contributed by atoms with E-state index < -0.39 is 60.1 Å². The Kier molecular flexibility index (Phi) is 12.5. The number of benzene rings is 2. The van der Waals surface area contributed by atoms with Gasteiger partial charge in [0.2, 0.25) is 0 Å². The van der Waals surface area contributed by atoms with Gasteiger partial charge in [0, 0.05) is 64.8 Å². The molecule has 0 saturated carbocycles. The van der Waals surface area contributed by atoms with Gasteiger partial charge in [-0.15, -0.1) is 0 Å². The molecule has 18 heteroatoms. The topological polar surface area (TPSA) is 166 Å². The molecule has 2 unspecified atom stereocenters. The van der Waals surface area contributed by atoms with Gasteiger partial charge in [0.1, 0.15) is 23.3 Å². The zero-order valence-corrected chi connectivity index (χ0v) is 36.8. The van der Waals surface area contributed by atoms with Crippen molar-refractivity contribution in [3.8, 4) is 17.6 Å². The molecule has 2 aromatic carbocycles. The molecule has 2 aliphatic heterocycles. The number of nitrogens with zero attached hydrogens (tertiary/aromatic N) is 3. The SMILES string of the molecule is CC(C)(CC(O)(Cc1cc2nc(C#N)ccc2[nH]1)C(F)(F)F)c1cc(Cl)cc2c1OCC2.CC(C)(CC(O)(Cc1cc2nc(CN)ccc2[nH]1)C(F)(F)F)c1cc(Cl)cc2c1OCC2. The molecule has 0 radical (unpaired) electrons. The Balaban J connectivity index is 0.000000191. The first-order chi connectivity index (χ1) is 29.8. The van der Waals surface area contributed by atoms with E-state index >= 15 is 0 Å². The molecule has 10 nitrogen and oxygen atoms in total. The Hall–Kier alpha value is -5.05. The predicted molar refractivity (Wildman–Crippen MR) is 231 cm³/mol. The van der Waals surface area contributed by atoms with Crippen LogP contribution in [-0.2, 0) is 43.1 Å². The quantitative estimate of drug-likeness (QED) is 0.0801. The van der Waals surface area contributed by atoms with E-state index in [0.29, 0.717) is 86.5 Å². The van der Waals surface area contributed by atoms with Crippen molar-refractivity contribution in [3.63, 3.8) is 0 Å². The number of rotatable bonds is 11. The van der Waals surface area contributed by atoms with Crippen molar-refractivity contribution in [2.24, 2.45) is 5.73 Å². The molecule has 64 heavy (non-hydrogen) atoms. The third-order valence-electron chi connectivity index (χ3n) is 11.9. The van der Waals surface area contributed by atoms with E-state index in [1.165, 1.54) is 18.2 Å². The molecule has 0 spiro atoms. The molecule has 6 heterocycles. The first-order valence-electron chi connectivity index (χ1n) is 20.4. The Morgan fingerprint density at radius 3 is 1.55 bits per heavy atom. The highest BCUT2D eigenvalue weighted by Crippen LogP contribution is 2.49. The fourth-order valence-corrected chi connectivity index (χ4v) is 9.37. The van der Waals surface area contributed by atoms with Crippen molar-refractivity contribution in [3.05, 3.63) is 116 Å². The summed E-state index contributed by atoms with van der Waals surface area (Å²) < 4.78 is 96.6. The fraction of sp³-hybridized carbons (Fsp3) is 0.413. The normalized spacial score (nSPS) is 16.0. The summed E-state index contributed by atoms with van der Waals surface area (Å²) in [6.07, 6.45) is -11.0.